The number of hydrogen-bond donors (Lipinski definition) is 0. The highest BCUT2D eigenvalue weighted by molar-refractivity contribution is 14.1. The van der Waals surface area contributed by atoms with Crippen LogP contribution in [0.25, 0.3) is 0 Å². The Bertz CT molecular complexity index is 404. The summed E-state index contributed by atoms with van der Waals surface area (Å²) in [6.07, 6.45) is 0. The molecule has 0 aliphatic rings. The fourth-order valence-electron chi connectivity index (χ4n) is 1.28. The Kier molecular flexibility index (Phi) is 3.90. The van der Waals surface area contributed by atoms with Gasteiger partial charge in [0.05, 0.1) is 17.8 Å². The third-order valence-electron chi connectivity index (χ3n) is 1.95. The third-order valence-corrected chi connectivity index (χ3v) is 3.01. The van der Waals surface area contributed by atoms with Gasteiger partial charge in [-0.1, -0.05) is 0 Å². The zero-order valence-corrected chi connectivity index (χ0v) is 10.7. The summed E-state index contributed by atoms with van der Waals surface area (Å²) in [6, 6.07) is 1.33. The molecule has 0 aliphatic heterocycles. The van der Waals surface area contributed by atoms with E-state index in [-0.39, 0.29) is 9.13 Å². The second-order valence-corrected chi connectivity index (χ2v) is 3.97. The summed E-state index contributed by atoms with van der Waals surface area (Å²) in [6.45, 7) is 1.67. The normalized spacial score (nSPS) is 9.93. The molecule has 0 aliphatic carbocycles. The first-order valence-corrected chi connectivity index (χ1v) is 5.21. The molecule has 0 bridgehead atoms. The van der Waals surface area contributed by atoms with Crippen molar-refractivity contribution in [3.8, 4) is 5.75 Å². The van der Waals surface area contributed by atoms with Crippen molar-refractivity contribution < 1.29 is 18.7 Å². The minimum atomic E-state index is -0.598. The van der Waals surface area contributed by atoms with E-state index in [9.17, 15) is 9.18 Å². The summed E-state index contributed by atoms with van der Waals surface area (Å²) in [7, 11) is 2.68. The molecule has 0 heterocycles. The van der Waals surface area contributed by atoms with Gasteiger partial charge in [0, 0.05) is 0 Å². The Morgan fingerprint density at radius 3 is 2.53 bits per heavy atom. The monoisotopic (exact) mass is 324 g/mol. The van der Waals surface area contributed by atoms with Crippen LogP contribution in [0, 0.1) is 16.3 Å². The van der Waals surface area contributed by atoms with E-state index in [4.69, 9.17) is 4.74 Å². The van der Waals surface area contributed by atoms with E-state index in [0.29, 0.717) is 11.3 Å². The van der Waals surface area contributed by atoms with Crippen LogP contribution in [0.1, 0.15) is 15.9 Å². The van der Waals surface area contributed by atoms with Crippen LogP contribution < -0.4 is 4.74 Å². The van der Waals surface area contributed by atoms with E-state index in [0.717, 1.165) is 0 Å². The van der Waals surface area contributed by atoms with Crippen LogP contribution in [0.15, 0.2) is 6.07 Å². The lowest BCUT2D eigenvalue weighted by Gasteiger charge is -2.12. The number of ether oxygens (including phenoxy) is 2. The molecule has 0 saturated heterocycles. The second-order valence-electron chi connectivity index (χ2n) is 2.89. The molecule has 0 atom stereocenters. The van der Waals surface area contributed by atoms with Gasteiger partial charge in [0.15, 0.2) is 0 Å². The molecule has 15 heavy (non-hydrogen) atoms. The van der Waals surface area contributed by atoms with E-state index in [1.807, 2.05) is 0 Å². The van der Waals surface area contributed by atoms with Crippen molar-refractivity contribution >= 4 is 28.6 Å². The fraction of sp³-hybridized carbons (Fsp3) is 0.300. The van der Waals surface area contributed by atoms with Gasteiger partial charge in [0.1, 0.15) is 17.1 Å². The standard InChI is InChI=1S/C10H10FIO3/c1-5-4-6(11)8(12)7(9(5)14-2)10(13)15-3/h4H,1-3H3. The first-order chi connectivity index (χ1) is 7.02. The summed E-state index contributed by atoms with van der Waals surface area (Å²) in [5, 5.41) is 0. The van der Waals surface area contributed by atoms with E-state index in [1.165, 1.54) is 20.3 Å². The topological polar surface area (TPSA) is 35.5 Å². The number of carbonyl (C=O) groups excluding carboxylic acids is 1. The fourth-order valence-corrected chi connectivity index (χ4v) is 1.90. The number of halogens is 2. The SMILES string of the molecule is COC(=O)c1c(I)c(F)cc(C)c1OC. The van der Waals surface area contributed by atoms with Crippen LogP contribution in [0.5, 0.6) is 5.75 Å². The Labute approximate surface area is 101 Å². The average molecular weight is 324 g/mol. The summed E-state index contributed by atoms with van der Waals surface area (Å²) < 4.78 is 23.2. The molecule has 0 N–H and O–H groups in total. The molecule has 0 unspecified atom stereocenters. The van der Waals surface area contributed by atoms with Gasteiger partial charge < -0.3 is 9.47 Å². The molecule has 3 nitrogen and oxygen atoms in total. The van der Waals surface area contributed by atoms with Crippen molar-refractivity contribution in [1.82, 2.24) is 0 Å². The average Bonchev–Trinajstić information content (AvgIpc) is 2.21. The highest BCUT2D eigenvalue weighted by Crippen LogP contribution is 2.30. The molecule has 0 spiro atoms. The van der Waals surface area contributed by atoms with Gasteiger partial charge in [-0.2, -0.15) is 0 Å². The van der Waals surface area contributed by atoms with E-state index < -0.39 is 11.8 Å². The molecule has 0 amide bonds. The number of benzene rings is 1. The van der Waals surface area contributed by atoms with Crippen molar-refractivity contribution in [3.63, 3.8) is 0 Å². The number of rotatable bonds is 2. The Balaban J connectivity index is 3.50. The lowest BCUT2D eigenvalue weighted by Crippen LogP contribution is -2.09. The van der Waals surface area contributed by atoms with Crippen molar-refractivity contribution in [2.24, 2.45) is 0 Å². The predicted octanol–water partition coefficient (Wildman–Crippen LogP) is 2.53. The number of methoxy groups -OCH3 is 2. The van der Waals surface area contributed by atoms with Gasteiger partial charge in [0.2, 0.25) is 0 Å². The van der Waals surface area contributed by atoms with Crippen LogP contribution in [0.3, 0.4) is 0 Å². The highest BCUT2D eigenvalue weighted by atomic mass is 127. The van der Waals surface area contributed by atoms with Gasteiger partial charge in [-0.05, 0) is 41.1 Å². The number of carbonyl (C=O) groups is 1. The van der Waals surface area contributed by atoms with Gasteiger partial charge in [-0.25, -0.2) is 9.18 Å². The van der Waals surface area contributed by atoms with Crippen LogP contribution in [-0.2, 0) is 4.74 Å². The van der Waals surface area contributed by atoms with Crippen molar-refractivity contribution in [1.29, 1.82) is 0 Å². The quantitative estimate of drug-likeness (QED) is 0.619. The zero-order chi connectivity index (χ0) is 11.6. The largest absolute Gasteiger partial charge is 0.496 e. The molecule has 1 rings (SSSR count). The van der Waals surface area contributed by atoms with Crippen molar-refractivity contribution in [2.45, 2.75) is 6.92 Å². The van der Waals surface area contributed by atoms with E-state index >= 15 is 0 Å². The van der Waals surface area contributed by atoms with Crippen molar-refractivity contribution in [2.75, 3.05) is 14.2 Å². The molecule has 0 aromatic heterocycles. The van der Waals surface area contributed by atoms with Crippen LogP contribution in [0.2, 0.25) is 0 Å². The zero-order valence-electron chi connectivity index (χ0n) is 8.56. The molecule has 0 radical (unpaired) electrons. The van der Waals surface area contributed by atoms with Crippen LogP contribution in [0.4, 0.5) is 4.39 Å². The van der Waals surface area contributed by atoms with Crippen LogP contribution >= 0.6 is 22.6 Å². The Morgan fingerprint density at radius 2 is 2.07 bits per heavy atom. The smallest absolute Gasteiger partial charge is 0.342 e. The molecule has 1 aromatic carbocycles. The number of aryl methyl sites for hydroxylation is 1. The summed E-state index contributed by atoms with van der Waals surface area (Å²) in [4.78, 5) is 11.4. The van der Waals surface area contributed by atoms with Gasteiger partial charge in [-0.15, -0.1) is 0 Å². The molecule has 1 aromatic rings. The van der Waals surface area contributed by atoms with Crippen LogP contribution in [-0.4, -0.2) is 20.2 Å². The lowest BCUT2D eigenvalue weighted by atomic mass is 10.1. The Morgan fingerprint density at radius 1 is 1.47 bits per heavy atom. The lowest BCUT2D eigenvalue weighted by molar-refractivity contribution is 0.0595. The molecule has 0 fully saturated rings. The molecular formula is C10H10FIO3. The summed E-state index contributed by atoms with van der Waals surface area (Å²) in [5.41, 5.74) is 0.703. The first-order valence-electron chi connectivity index (χ1n) is 4.13. The maximum atomic E-state index is 13.4. The highest BCUT2D eigenvalue weighted by Gasteiger charge is 2.22. The summed E-state index contributed by atoms with van der Waals surface area (Å²) >= 11 is 1.75. The number of esters is 1. The number of hydrogen-bond acceptors (Lipinski definition) is 3. The van der Waals surface area contributed by atoms with E-state index in [1.54, 1.807) is 29.5 Å². The Hall–Kier alpha value is -0.850. The van der Waals surface area contributed by atoms with Gasteiger partial charge >= 0.3 is 5.97 Å². The molecular weight excluding hydrogens is 314 g/mol. The maximum absolute atomic E-state index is 13.4. The molecule has 0 saturated carbocycles. The maximum Gasteiger partial charge on any atom is 0.342 e. The van der Waals surface area contributed by atoms with Gasteiger partial charge in [0.25, 0.3) is 0 Å². The molecule has 82 valence electrons. The first kappa shape index (κ1) is 12.2. The second kappa shape index (κ2) is 4.78. The molecule has 5 heteroatoms. The predicted molar refractivity (Wildman–Crippen MR) is 61.7 cm³/mol. The minimum Gasteiger partial charge on any atom is -0.496 e. The third kappa shape index (κ3) is 2.22. The minimum absolute atomic E-state index is 0.137. The summed E-state index contributed by atoms with van der Waals surface area (Å²) in [5.74, 6) is -0.694. The van der Waals surface area contributed by atoms with E-state index in [2.05, 4.69) is 4.74 Å². The van der Waals surface area contributed by atoms with Gasteiger partial charge in [-0.3, -0.25) is 0 Å². The van der Waals surface area contributed by atoms with Crippen molar-refractivity contribution in [3.05, 3.63) is 26.6 Å².